The van der Waals surface area contributed by atoms with E-state index in [1.807, 2.05) is 0 Å². The molecule has 4 nitrogen and oxygen atoms in total. The van der Waals surface area contributed by atoms with Gasteiger partial charge in [0.1, 0.15) is 0 Å². The highest BCUT2D eigenvalue weighted by molar-refractivity contribution is 5.42. The lowest BCUT2D eigenvalue weighted by Crippen LogP contribution is -2.33. The maximum Gasteiger partial charge on any atom is 0.157 e. The van der Waals surface area contributed by atoms with Crippen LogP contribution in [0.5, 0.6) is 11.5 Å². The van der Waals surface area contributed by atoms with E-state index in [1.54, 1.807) is 20.0 Å². The summed E-state index contributed by atoms with van der Waals surface area (Å²) >= 11 is 0. The zero-order valence-electron chi connectivity index (χ0n) is 8.28. The highest BCUT2D eigenvalue weighted by atomic mass is 16.3. The number of benzene rings is 1. The Hall–Kier alpha value is -1.26. The molecule has 1 rings (SSSR count). The van der Waals surface area contributed by atoms with Crippen LogP contribution in [0.25, 0.3) is 0 Å². The van der Waals surface area contributed by atoms with Gasteiger partial charge in [0.2, 0.25) is 0 Å². The molecule has 0 unspecified atom stereocenters. The van der Waals surface area contributed by atoms with Crippen molar-refractivity contribution < 1.29 is 15.3 Å². The molecule has 0 bridgehead atoms. The fourth-order valence-corrected chi connectivity index (χ4v) is 1.30. The summed E-state index contributed by atoms with van der Waals surface area (Å²) in [6.45, 7) is 2.01. The molecule has 0 aliphatic heterocycles. The smallest absolute Gasteiger partial charge is 0.157 e. The summed E-state index contributed by atoms with van der Waals surface area (Å²) in [7, 11) is 1.73. The number of phenolic OH excluding ortho intramolecular Hbond substituents is 2. The van der Waals surface area contributed by atoms with Gasteiger partial charge in [0, 0.05) is 6.54 Å². The van der Waals surface area contributed by atoms with Gasteiger partial charge in [-0.1, -0.05) is 6.07 Å². The van der Waals surface area contributed by atoms with Crippen LogP contribution >= 0.6 is 0 Å². The molecule has 0 radical (unpaired) electrons. The molecule has 0 fully saturated rings. The normalized spacial score (nSPS) is 15.1. The van der Waals surface area contributed by atoms with Gasteiger partial charge in [0.25, 0.3) is 0 Å². The predicted molar refractivity (Wildman–Crippen MR) is 53.3 cm³/mol. The van der Waals surface area contributed by atoms with Gasteiger partial charge >= 0.3 is 0 Å². The number of hydrogen-bond acceptors (Lipinski definition) is 4. The second-order valence-electron chi connectivity index (χ2n) is 3.51. The summed E-state index contributed by atoms with van der Waals surface area (Å²) in [6, 6.07) is 4.29. The first-order valence-electron chi connectivity index (χ1n) is 4.37. The van der Waals surface area contributed by atoms with E-state index in [2.05, 4.69) is 5.32 Å². The number of phenols is 2. The minimum Gasteiger partial charge on any atom is -0.504 e. The molecule has 0 aromatic heterocycles. The lowest BCUT2D eigenvalue weighted by Gasteiger charge is -2.23. The van der Waals surface area contributed by atoms with Crippen LogP contribution in [0.3, 0.4) is 0 Å². The van der Waals surface area contributed by atoms with Crippen molar-refractivity contribution in [1.82, 2.24) is 5.32 Å². The topological polar surface area (TPSA) is 72.7 Å². The predicted octanol–water partition coefficient (Wildman–Crippen LogP) is 0.525. The summed E-state index contributed by atoms with van der Waals surface area (Å²) in [5.41, 5.74) is -0.498. The van der Waals surface area contributed by atoms with Crippen LogP contribution in [0.15, 0.2) is 18.2 Å². The summed E-state index contributed by atoms with van der Waals surface area (Å²) in [5, 5.41) is 31.1. The average molecular weight is 197 g/mol. The monoisotopic (exact) mass is 197 g/mol. The van der Waals surface area contributed by atoms with Crippen molar-refractivity contribution in [2.24, 2.45) is 0 Å². The van der Waals surface area contributed by atoms with Crippen LogP contribution in [0.2, 0.25) is 0 Å². The van der Waals surface area contributed by atoms with Crippen molar-refractivity contribution in [2.45, 2.75) is 12.5 Å². The Kier molecular flexibility index (Phi) is 2.98. The van der Waals surface area contributed by atoms with Crippen molar-refractivity contribution in [3.8, 4) is 11.5 Å². The summed E-state index contributed by atoms with van der Waals surface area (Å²) < 4.78 is 0. The zero-order valence-corrected chi connectivity index (χ0v) is 8.28. The van der Waals surface area contributed by atoms with Crippen LogP contribution < -0.4 is 5.32 Å². The molecule has 0 saturated carbocycles. The lowest BCUT2D eigenvalue weighted by atomic mass is 9.96. The van der Waals surface area contributed by atoms with Crippen molar-refractivity contribution >= 4 is 0 Å². The molecular weight excluding hydrogens is 182 g/mol. The first kappa shape index (κ1) is 10.8. The van der Waals surface area contributed by atoms with E-state index in [0.29, 0.717) is 12.1 Å². The van der Waals surface area contributed by atoms with Gasteiger partial charge in [-0.3, -0.25) is 0 Å². The molecule has 1 aromatic rings. The number of rotatable bonds is 3. The molecule has 4 N–H and O–H groups in total. The van der Waals surface area contributed by atoms with E-state index in [1.165, 1.54) is 12.1 Å². The molecule has 0 aliphatic carbocycles. The van der Waals surface area contributed by atoms with Crippen LogP contribution in [0, 0.1) is 0 Å². The fourth-order valence-electron chi connectivity index (χ4n) is 1.30. The summed E-state index contributed by atoms with van der Waals surface area (Å²) in [4.78, 5) is 0. The van der Waals surface area contributed by atoms with Crippen LogP contribution in [-0.2, 0) is 5.60 Å². The Morgan fingerprint density at radius 3 is 2.43 bits per heavy atom. The van der Waals surface area contributed by atoms with Crippen LogP contribution in [-0.4, -0.2) is 28.9 Å². The minimum atomic E-state index is -1.06. The zero-order chi connectivity index (χ0) is 10.8. The van der Waals surface area contributed by atoms with Gasteiger partial charge < -0.3 is 20.6 Å². The molecule has 0 heterocycles. The molecule has 0 saturated heterocycles. The molecule has 4 heteroatoms. The van der Waals surface area contributed by atoms with Crippen molar-refractivity contribution in [3.63, 3.8) is 0 Å². The van der Waals surface area contributed by atoms with Gasteiger partial charge in [-0.2, -0.15) is 0 Å². The molecular formula is C10H15NO3. The van der Waals surface area contributed by atoms with Crippen LogP contribution in [0.1, 0.15) is 12.5 Å². The van der Waals surface area contributed by atoms with Crippen molar-refractivity contribution in [2.75, 3.05) is 13.6 Å². The fraction of sp³-hybridized carbons (Fsp3) is 0.400. The Morgan fingerprint density at radius 2 is 1.93 bits per heavy atom. The number of nitrogens with one attached hydrogen (secondary N) is 1. The highest BCUT2D eigenvalue weighted by Gasteiger charge is 2.22. The third-order valence-electron chi connectivity index (χ3n) is 2.12. The molecule has 0 amide bonds. The Bertz CT molecular complexity index is 323. The third kappa shape index (κ3) is 2.16. The van der Waals surface area contributed by atoms with Gasteiger partial charge in [0.15, 0.2) is 11.5 Å². The van der Waals surface area contributed by atoms with Crippen molar-refractivity contribution in [3.05, 3.63) is 23.8 Å². The van der Waals surface area contributed by atoms with E-state index in [4.69, 9.17) is 5.11 Å². The molecule has 1 atom stereocenters. The maximum atomic E-state index is 9.95. The SMILES string of the molecule is CNC[C@](C)(O)c1ccc(O)c(O)c1. The first-order valence-corrected chi connectivity index (χ1v) is 4.37. The number of aliphatic hydroxyl groups is 1. The lowest BCUT2D eigenvalue weighted by molar-refractivity contribution is 0.0589. The molecule has 14 heavy (non-hydrogen) atoms. The van der Waals surface area contributed by atoms with E-state index in [-0.39, 0.29) is 11.5 Å². The Morgan fingerprint density at radius 1 is 1.29 bits per heavy atom. The standard InChI is InChI=1S/C10H15NO3/c1-10(14,6-11-2)7-3-4-8(12)9(13)5-7/h3-5,11-14H,6H2,1-2H3/t10-/m0/s1. The van der Waals surface area contributed by atoms with Crippen LogP contribution in [0.4, 0.5) is 0 Å². The van der Waals surface area contributed by atoms with E-state index in [9.17, 15) is 10.2 Å². The second kappa shape index (κ2) is 3.86. The summed E-state index contributed by atoms with van der Waals surface area (Å²) in [5.74, 6) is -0.409. The number of likely N-dealkylation sites (N-methyl/N-ethyl adjacent to an activating group) is 1. The maximum absolute atomic E-state index is 9.95. The minimum absolute atomic E-state index is 0.186. The Balaban J connectivity index is 3.01. The van der Waals surface area contributed by atoms with Gasteiger partial charge in [-0.15, -0.1) is 0 Å². The molecule has 0 spiro atoms. The number of hydrogen-bond donors (Lipinski definition) is 4. The van der Waals surface area contributed by atoms with Gasteiger partial charge in [0.05, 0.1) is 5.60 Å². The van der Waals surface area contributed by atoms with E-state index < -0.39 is 5.60 Å². The van der Waals surface area contributed by atoms with Gasteiger partial charge in [-0.25, -0.2) is 0 Å². The van der Waals surface area contributed by atoms with E-state index in [0.717, 1.165) is 0 Å². The third-order valence-corrected chi connectivity index (χ3v) is 2.12. The molecule has 0 aliphatic rings. The second-order valence-corrected chi connectivity index (χ2v) is 3.51. The average Bonchev–Trinajstić information content (AvgIpc) is 2.09. The molecule has 1 aromatic carbocycles. The quantitative estimate of drug-likeness (QED) is 0.533. The molecule has 78 valence electrons. The van der Waals surface area contributed by atoms with E-state index >= 15 is 0 Å². The first-order chi connectivity index (χ1) is 6.47. The van der Waals surface area contributed by atoms with Gasteiger partial charge in [-0.05, 0) is 31.7 Å². The van der Waals surface area contributed by atoms with Crippen molar-refractivity contribution in [1.29, 1.82) is 0 Å². The number of aromatic hydroxyl groups is 2. The highest BCUT2D eigenvalue weighted by Crippen LogP contribution is 2.29. The Labute approximate surface area is 82.8 Å². The summed E-state index contributed by atoms with van der Waals surface area (Å²) in [6.07, 6.45) is 0. The largest absolute Gasteiger partial charge is 0.504 e.